The summed E-state index contributed by atoms with van der Waals surface area (Å²) in [5, 5.41) is 17.4. The fourth-order valence-electron chi connectivity index (χ4n) is 3.71. The topological polar surface area (TPSA) is 70.7 Å². The lowest BCUT2D eigenvalue weighted by Gasteiger charge is -2.22. The molecule has 0 spiro atoms. The minimum absolute atomic E-state index is 0.0566. The van der Waals surface area contributed by atoms with E-state index in [2.05, 4.69) is 39.7 Å². The van der Waals surface area contributed by atoms with E-state index in [0.717, 1.165) is 27.6 Å². The Morgan fingerprint density at radius 3 is 2.00 bits per heavy atom. The summed E-state index contributed by atoms with van der Waals surface area (Å²) >= 11 is 0. The fraction of sp³-hybridized carbons (Fsp3) is 0.217. The minimum Gasteiger partial charge on any atom is -0.352 e. The summed E-state index contributed by atoms with van der Waals surface area (Å²) < 4.78 is 10.2. The van der Waals surface area contributed by atoms with Gasteiger partial charge in [0.25, 0.3) is 0 Å². The molecule has 5 rings (SSSR count). The number of nitrogens with zero attached hydrogens (tertiary/aromatic N) is 6. The molecular weight excluding hydrogens is 376 g/mol. The van der Waals surface area contributed by atoms with Crippen LogP contribution in [0.15, 0.2) is 78.9 Å². The van der Waals surface area contributed by atoms with E-state index < -0.39 is 0 Å². The summed E-state index contributed by atoms with van der Waals surface area (Å²) in [5.74, 6) is 0. The van der Waals surface area contributed by atoms with Crippen molar-refractivity contribution in [1.29, 1.82) is 0 Å². The van der Waals surface area contributed by atoms with E-state index >= 15 is 0 Å². The Balaban J connectivity index is 1.45. The number of hydrogen-bond acceptors (Lipinski definition) is 5. The molecule has 0 aliphatic rings. The molecule has 2 atom stereocenters. The number of benzene rings is 3. The van der Waals surface area contributed by atoms with Crippen LogP contribution in [0.3, 0.4) is 0 Å². The third-order valence-electron chi connectivity index (χ3n) is 5.27. The molecule has 2 heterocycles. The molecule has 7 heteroatoms. The van der Waals surface area contributed by atoms with Gasteiger partial charge in [0.15, 0.2) is 6.23 Å². The second-order valence-electron chi connectivity index (χ2n) is 7.38. The van der Waals surface area contributed by atoms with E-state index in [-0.39, 0.29) is 12.3 Å². The molecule has 7 nitrogen and oxygen atoms in total. The van der Waals surface area contributed by atoms with Crippen LogP contribution in [0.5, 0.6) is 0 Å². The highest BCUT2D eigenvalue weighted by molar-refractivity contribution is 5.74. The Morgan fingerprint density at radius 1 is 0.733 bits per heavy atom. The molecule has 0 fully saturated rings. The molecule has 0 saturated carbocycles. The highest BCUT2D eigenvalue weighted by atomic mass is 16.5. The van der Waals surface area contributed by atoms with Crippen LogP contribution in [0.25, 0.3) is 22.1 Å². The van der Waals surface area contributed by atoms with Gasteiger partial charge in [0.2, 0.25) is 0 Å². The van der Waals surface area contributed by atoms with Crippen molar-refractivity contribution in [2.24, 2.45) is 0 Å². The van der Waals surface area contributed by atoms with Gasteiger partial charge in [-0.25, -0.2) is 9.36 Å². The van der Waals surface area contributed by atoms with Crippen LogP contribution >= 0.6 is 0 Å². The first-order chi connectivity index (χ1) is 14.8. The summed E-state index contributed by atoms with van der Waals surface area (Å²) in [7, 11) is 0. The van der Waals surface area contributed by atoms with Crippen LogP contribution in [0.2, 0.25) is 0 Å². The van der Waals surface area contributed by atoms with Crippen LogP contribution in [0.4, 0.5) is 0 Å². The van der Waals surface area contributed by atoms with Gasteiger partial charge < -0.3 is 4.74 Å². The molecule has 0 bridgehead atoms. The number of para-hydroxylation sites is 2. The van der Waals surface area contributed by atoms with E-state index in [9.17, 15) is 0 Å². The van der Waals surface area contributed by atoms with E-state index in [1.807, 2.05) is 76.1 Å². The molecule has 30 heavy (non-hydrogen) atoms. The normalized spacial score (nSPS) is 13.6. The number of ether oxygens (including phenoxy) is 1. The number of hydrogen-bond donors (Lipinski definition) is 0. The molecule has 0 aliphatic heterocycles. The van der Waals surface area contributed by atoms with Crippen molar-refractivity contribution in [2.75, 3.05) is 0 Å². The largest absolute Gasteiger partial charge is 0.352 e. The highest BCUT2D eigenvalue weighted by Crippen LogP contribution is 2.27. The number of aromatic nitrogens is 6. The lowest BCUT2D eigenvalue weighted by atomic mass is 10.2. The molecular formula is C23H22N6O. The Morgan fingerprint density at radius 2 is 1.30 bits per heavy atom. The van der Waals surface area contributed by atoms with Crippen LogP contribution in [-0.4, -0.2) is 30.0 Å². The van der Waals surface area contributed by atoms with Gasteiger partial charge in [-0.3, -0.25) is 0 Å². The molecule has 3 aromatic carbocycles. The average molecular weight is 398 g/mol. The van der Waals surface area contributed by atoms with Crippen LogP contribution in [0, 0.1) is 0 Å². The lowest BCUT2D eigenvalue weighted by Crippen LogP contribution is -2.20. The van der Waals surface area contributed by atoms with Gasteiger partial charge in [0.1, 0.15) is 11.0 Å². The molecule has 0 amide bonds. The van der Waals surface area contributed by atoms with E-state index in [4.69, 9.17) is 4.74 Å². The van der Waals surface area contributed by atoms with Crippen molar-refractivity contribution in [3.05, 3.63) is 84.4 Å². The summed E-state index contributed by atoms with van der Waals surface area (Å²) in [6, 6.07) is 26.1. The maximum Gasteiger partial charge on any atom is 0.155 e. The Hall–Kier alpha value is -3.58. The van der Waals surface area contributed by atoms with Crippen molar-refractivity contribution in [3.8, 4) is 0 Å². The smallest absolute Gasteiger partial charge is 0.155 e. The Labute approximate surface area is 173 Å². The van der Waals surface area contributed by atoms with Gasteiger partial charge in [-0.15, -0.1) is 10.2 Å². The molecule has 150 valence electrons. The van der Waals surface area contributed by atoms with Crippen molar-refractivity contribution in [2.45, 2.75) is 32.2 Å². The number of rotatable bonds is 7. The molecule has 5 aromatic rings. The van der Waals surface area contributed by atoms with Crippen LogP contribution < -0.4 is 0 Å². The average Bonchev–Trinajstić information content (AvgIpc) is 3.42. The predicted octanol–water partition coefficient (Wildman–Crippen LogP) is 4.54. The zero-order valence-corrected chi connectivity index (χ0v) is 16.7. The van der Waals surface area contributed by atoms with Gasteiger partial charge in [0, 0.05) is 6.42 Å². The van der Waals surface area contributed by atoms with Gasteiger partial charge in [-0.05, 0) is 36.8 Å². The van der Waals surface area contributed by atoms with E-state index in [1.54, 1.807) is 0 Å². The Kier molecular flexibility index (Phi) is 4.94. The lowest BCUT2D eigenvalue weighted by molar-refractivity contribution is -0.0296. The van der Waals surface area contributed by atoms with Crippen LogP contribution in [0.1, 0.15) is 31.2 Å². The highest BCUT2D eigenvalue weighted by Gasteiger charge is 2.22. The van der Waals surface area contributed by atoms with Crippen LogP contribution in [-0.2, 0) is 11.3 Å². The predicted molar refractivity (Wildman–Crippen MR) is 115 cm³/mol. The number of fused-ring (bicyclic) bond motifs is 2. The summed E-state index contributed by atoms with van der Waals surface area (Å²) in [5.41, 5.74) is 4.81. The van der Waals surface area contributed by atoms with Crippen molar-refractivity contribution in [3.63, 3.8) is 0 Å². The quantitative estimate of drug-likeness (QED) is 0.402. The monoisotopic (exact) mass is 398 g/mol. The second-order valence-corrected chi connectivity index (χ2v) is 7.38. The van der Waals surface area contributed by atoms with E-state index in [0.29, 0.717) is 13.0 Å². The standard InChI is InChI=1S/C23H22N6O/c1-17(28-21-13-7-5-11-19(21)24-26-28)15-23(30-16-18-9-3-2-4-10-18)29-22-14-8-6-12-20(22)25-27-29/h2-14,17,23H,15-16H2,1H3/t17-,23-/m1/s1. The van der Waals surface area contributed by atoms with Crippen molar-refractivity contribution in [1.82, 2.24) is 30.0 Å². The molecule has 0 aliphatic carbocycles. The summed E-state index contributed by atoms with van der Waals surface area (Å²) in [6.07, 6.45) is 0.378. The SMILES string of the molecule is C[C@H](C[C@@H](OCc1ccccc1)n1nnc2ccccc21)n1nnc2ccccc21. The minimum atomic E-state index is -0.296. The van der Waals surface area contributed by atoms with Crippen molar-refractivity contribution < 1.29 is 4.74 Å². The third-order valence-corrected chi connectivity index (χ3v) is 5.27. The molecule has 0 saturated heterocycles. The maximum atomic E-state index is 6.36. The zero-order valence-electron chi connectivity index (χ0n) is 16.7. The summed E-state index contributed by atoms with van der Waals surface area (Å²) in [6.45, 7) is 2.61. The molecule has 2 aromatic heterocycles. The summed E-state index contributed by atoms with van der Waals surface area (Å²) in [4.78, 5) is 0. The third kappa shape index (κ3) is 3.55. The first-order valence-electron chi connectivity index (χ1n) is 10.0. The zero-order chi connectivity index (χ0) is 20.3. The molecule has 0 radical (unpaired) electrons. The van der Waals surface area contributed by atoms with Gasteiger partial charge >= 0.3 is 0 Å². The van der Waals surface area contributed by atoms with Gasteiger partial charge in [-0.1, -0.05) is 65.0 Å². The molecule has 0 N–H and O–H groups in total. The first kappa shape index (κ1) is 18.4. The fourth-order valence-corrected chi connectivity index (χ4v) is 3.71. The van der Waals surface area contributed by atoms with Crippen molar-refractivity contribution >= 4 is 22.1 Å². The van der Waals surface area contributed by atoms with E-state index in [1.165, 1.54) is 0 Å². The molecule has 0 unspecified atom stereocenters. The first-order valence-corrected chi connectivity index (χ1v) is 10.0. The van der Waals surface area contributed by atoms with Gasteiger partial charge in [0.05, 0.1) is 23.7 Å². The second kappa shape index (κ2) is 8.04. The van der Waals surface area contributed by atoms with Gasteiger partial charge in [-0.2, -0.15) is 0 Å². The maximum absolute atomic E-state index is 6.36. The Bertz CT molecular complexity index is 1260.